The standard InChI is InChI=1S/C26H24F2N4O3/c1-29-11-13-30(14-12-29)24-16-23-19(15-21(24)28)25(33)32(35-17-18-7-3-2-4-8-18)26(34)31(23)22-10-6-5-9-20(22)27/h2-10,15-16H,11-14,17H2,1H3. The highest BCUT2D eigenvalue weighted by atomic mass is 19.1. The lowest BCUT2D eigenvalue weighted by molar-refractivity contribution is 0.0789. The number of aromatic nitrogens is 2. The highest BCUT2D eigenvalue weighted by molar-refractivity contribution is 5.84. The van der Waals surface area contributed by atoms with Crippen LogP contribution in [0.1, 0.15) is 5.56 Å². The minimum absolute atomic E-state index is 0.0597. The van der Waals surface area contributed by atoms with Crippen LogP contribution in [0, 0.1) is 11.6 Å². The van der Waals surface area contributed by atoms with Gasteiger partial charge in [-0.15, -0.1) is 0 Å². The van der Waals surface area contributed by atoms with Crippen molar-refractivity contribution in [3.63, 3.8) is 0 Å². The normalized spacial score (nSPS) is 14.4. The SMILES string of the molecule is CN1CCN(c2cc3c(cc2F)c(=O)n(OCc2ccccc2)c(=O)n3-c2ccccc2F)CC1. The van der Waals surface area contributed by atoms with E-state index in [9.17, 15) is 14.0 Å². The summed E-state index contributed by atoms with van der Waals surface area (Å²) in [5.74, 6) is -1.25. The molecule has 5 rings (SSSR count). The van der Waals surface area contributed by atoms with E-state index in [4.69, 9.17) is 4.84 Å². The Morgan fingerprint density at radius 3 is 2.23 bits per heavy atom. The second-order valence-corrected chi connectivity index (χ2v) is 8.54. The molecule has 2 heterocycles. The predicted octanol–water partition coefficient (Wildman–Crippen LogP) is 2.81. The minimum Gasteiger partial charge on any atom is -0.401 e. The zero-order chi connectivity index (χ0) is 24.5. The maximum Gasteiger partial charge on any atom is 0.369 e. The lowest BCUT2D eigenvalue weighted by atomic mass is 10.1. The van der Waals surface area contributed by atoms with Crippen molar-refractivity contribution in [2.45, 2.75) is 6.61 Å². The van der Waals surface area contributed by atoms with E-state index in [0.717, 1.165) is 29.3 Å². The number of likely N-dealkylation sites (N-methyl/N-ethyl adjacent to an activating group) is 1. The highest BCUT2D eigenvalue weighted by Gasteiger charge is 2.23. The predicted molar refractivity (Wildman–Crippen MR) is 130 cm³/mol. The number of benzene rings is 3. The first-order valence-corrected chi connectivity index (χ1v) is 11.3. The maximum absolute atomic E-state index is 15.3. The molecule has 0 amide bonds. The van der Waals surface area contributed by atoms with Gasteiger partial charge in [-0.25, -0.2) is 13.6 Å². The van der Waals surface area contributed by atoms with E-state index in [2.05, 4.69) is 4.90 Å². The van der Waals surface area contributed by atoms with Gasteiger partial charge in [0.15, 0.2) is 0 Å². The molecular weight excluding hydrogens is 454 g/mol. The molecule has 0 spiro atoms. The Hall–Kier alpha value is -3.98. The molecule has 1 saturated heterocycles. The van der Waals surface area contributed by atoms with E-state index in [-0.39, 0.29) is 28.9 Å². The van der Waals surface area contributed by atoms with Gasteiger partial charge in [-0.2, -0.15) is 0 Å². The van der Waals surface area contributed by atoms with E-state index in [0.29, 0.717) is 17.8 Å². The van der Waals surface area contributed by atoms with Crippen LogP contribution < -0.4 is 21.0 Å². The van der Waals surface area contributed by atoms with Gasteiger partial charge in [0.05, 0.1) is 22.3 Å². The summed E-state index contributed by atoms with van der Waals surface area (Å²) in [7, 11) is 1.99. The van der Waals surface area contributed by atoms with E-state index >= 15 is 4.39 Å². The topological polar surface area (TPSA) is 59.7 Å². The monoisotopic (exact) mass is 478 g/mol. The Morgan fingerprint density at radius 2 is 1.51 bits per heavy atom. The fourth-order valence-electron chi connectivity index (χ4n) is 4.28. The maximum atomic E-state index is 15.3. The van der Waals surface area contributed by atoms with Crippen molar-refractivity contribution in [3.05, 3.63) is 105 Å². The number of hydrogen-bond donors (Lipinski definition) is 0. The Labute approximate surface area is 200 Å². The molecule has 3 aromatic carbocycles. The van der Waals surface area contributed by atoms with Gasteiger partial charge < -0.3 is 14.6 Å². The van der Waals surface area contributed by atoms with Crippen molar-refractivity contribution < 1.29 is 13.6 Å². The fraction of sp³-hybridized carbons (Fsp3) is 0.231. The molecule has 0 unspecified atom stereocenters. The molecule has 0 aliphatic carbocycles. The highest BCUT2D eigenvalue weighted by Crippen LogP contribution is 2.27. The average molecular weight is 478 g/mol. The molecule has 0 bridgehead atoms. The first-order valence-electron chi connectivity index (χ1n) is 11.3. The third kappa shape index (κ3) is 4.30. The Morgan fingerprint density at radius 1 is 0.829 bits per heavy atom. The molecule has 0 atom stereocenters. The zero-order valence-corrected chi connectivity index (χ0v) is 19.2. The Kier molecular flexibility index (Phi) is 6.08. The van der Waals surface area contributed by atoms with Crippen molar-refractivity contribution in [2.24, 2.45) is 0 Å². The second kappa shape index (κ2) is 9.34. The van der Waals surface area contributed by atoms with E-state index in [1.54, 1.807) is 30.3 Å². The summed E-state index contributed by atoms with van der Waals surface area (Å²) < 4.78 is 31.8. The number of anilines is 1. The summed E-state index contributed by atoms with van der Waals surface area (Å²) >= 11 is 0. The Balaban J connectivity index is 1.71. The van der Waals surface area contributed by atoms with Gasteiger partial charge in [-0.1, -0.05) is 47.2 Å². The smallest absolute Gasteiger partial charge is 0.369 e. The fourth-order valence-corrected chi connectivity index (χ4v) is 4.28. The summed E-state index contributed by atoms with van der Waals surface area (Å²) in [5, 5.41) is -0.0868. The van der Waals surface area contributed by atoms with Gasteiger partial charge >= 0.3 is 5.69 Å². The molecule has 180 valence electrons. The van der Waals surface area contributed by atoms with Crippen molar-refractivity contribution in [3.8, 4) is 5.69 Å². The van der Waals surface area contributed by atoms with E-state index in [1.165, 1.54) is 24.3 Å². The molecule has 1 aliphatic heterocycles. The molecule has 0 radical (unpaired) electrons. The van der Waals surface area contributed by atoms with Crippen molar-refractivity contribution in [2.75, 3.05) is 38.1 Å². The molecule has 0 saturated carbocycles. The number of hydrogen-bond acceptors (Lipinski definition) is 5. The van der Waals surface area contributed by atoms with Gasteiger partial charge in [0.2, 0.25) is 0 Å². The van der Waals surface area contributed by atoms with Crippen LogP contribution in [0.3, 0.4) is 0 Å². The number of rotatable bonds is 5. The zero-order valence-electron chi connectivity index (χ0n) is 19.2. The van der Waals surface area contributed by atoms with Gasteiger partial charge in [0, 0.05) is 26.2 Å². The van der Waals surface area contributed by atoms with Crippen LogP contribution in [0.5, 0.6) is 0 Å². The molecule has 9 heteroatoms. The molecule has 1 aromatic heterocycles. The third-order valence-electron chi connectivity index (χ3n) is 6.23. The Bertz CT molecular complexity index is 1490. The minimum atomic E-state index is -0.875. The largest absolute Gasteiger partial charge is 0.401 e. The van der Waals surface area contributed by atoms with Crippen LogP contribution in [0.2, 0.25) is 0 Å². The third-order valence-corrected chi connectivity index (χ3v) is 6.23. The van der Waals surface area contributed by atoms with Crippen LogP contribution in [-0.2, 0) is 6.61 Å². The van der Waals surface area contributed by atoms with Crippen LogP contribution in [-0.4, -0.2) is 47.4 Å². The average Bonchev–Trinajstić information content (AvgIpc) is 2.86. The van der Waals surface area contributed by atoms with Crippen LogP contribution >= 0.6 is 0 Å². The molecule has 1 fully saturated rings. The molecule has 4 aromatic rings. The lowest BCUT2D eigenvalue weighted by Gasteiger charge is -2.34. The van der Waals surface area contributed by atoms with Gasteiger partial charge in [-0.05, 0) is 36.9 Å². The number of halogens is 2. The van der Waals surface area contributed by atoms with Gasteiger partial charge in [-0.3, -0.25) is 9.36 Å². The molecule has 0 N–H and O–H groups in total. The van der Waals surface area contributed by atoms with Crippen LogP contribution in [0.25, 0.3) is 16.6 Å². The van der Waals surface area contributed by atoms with Crippen molar-refractivity contribution in [1.82, 2.24) is 14.2 Å². The molecule has 1 aliphatic rings. The lowest BCUT2D eigenvalue weighted by Crippen LogP contribution is -2.45. The summed E-state index contributed by atoms with van der Waals surface area (Å²) in [6.45, 7) is 2.58. The number of nitrogens with zero attached hydrogens (tertiary/aromatic N) is 4. The van der Waals surface area contributed by atoms with E-state index < -0.39 is 22.9 Å². The van der Waals surface area contributed by atoms with Gasteiger partial charge in [0.25, 0.3) is 5.56 Å². The first-order chi connectivity index (χ1) is 16.9. The van der Waals surface area contributed by atoms with Crippen LogP contribution in [0.15, 0.2) is 76.3 Å². The quantitative estimate of drug-likeness (QED) is 0.442. The summed E-state index contributed by atoms with van der Waals surface area (Å²) in [6.07, 6.45) is 0. The summed E-state index contributed by atoms with van der Waals surface area (Å²) in [5.41, 5.74) is -0.641. The second-order valence-electron chi connectivity index (χ2n) is 8.54. The molecule has 35 heavy (non-hydrogen) atoms. The van der Waals surface area contributed by atoms with Crippen molar-refractivity contribution in [1.29, 1.82) is 0 Å². The summed E-state index contributed by atoms with van der Waals surface area (Å²) in [4.78, 5) is 36.3. The number of fused-ring (bicyclic) bond motifs is 1. The number of para-hydroxylation sites is 1. The molecular formula is C26H24F2N4O3. The van der Waals surface area contributed by atoms with Gasteiger partial charge in [0.1, 0.15) is 18.2 Å². The first kappa shape index (κ1) is 22.8. The number of piperazine rings is 1. The molecule has 7 nitrogen and oxygen atoms in total. The van der Waals surface area contributed by atoms with Crippen LogP contribution in [0.4, 0.5) is 14.5 Å². The summed E-state index contributed by atoms with van der Waals surface area (Å²) in [6, 6.07) is 17.3. The van der Waals surface area contributed by atoms with Crippen molar-refractivity contribution >= 4 is 16.6 Å². The van der Waals surface area contributed by atoms with E-state index in [1.807, 2.05) is 18.0 Å².